The number of aromatic hydroxyl groups is 1. The van der Waals surface area contributed by atoms with Crippen LogP contribution in [0, 0.1) is 6.92 Å². The van der Waals surface area contributed by atoms with Crippen LogP contribution in [-0.2, 0) is 11.3 Å². The van der Waals surface area contributed by atoms with Crippen molar-refractivity contribution in [1.29, 1.82) is 0 Å². The molecule has 0 aromatic heterocycles. The quantitative estimate of drug-likeness (QED) is 0.428. The third-order valence-corrected chi connectivity index (χ3v) is 4.69. The van der Waals surface area contributed by atoms with Crippen molar-refractivity contribution in [3.8, 4) is 5.75 Å². The zero-order valence-electron chi connectivity index (χ0n) is 17.3. The van der Waals surface area contributed by atoms with Gasteiger partial charge in [0.25, 0.3) is 11.8 Å². The Morgan fingerprint density at radius 1 is 0.906 bits per heavy atom. The van der Waals surface area contributed by atoms with Gasteiger partial charge in [-0.15, -0.1) is 0 Å². The molecule has 0 aliphatic carbocycles. The van der Waals surface area contributed by atoms with Gasteiger partial charge in [0.2, 0.25) is 0 Å². The second-order valence-corrected chi connectivity index (χ2v) is 7.11. The van der Waals surface area contributed by atoms with Crippen LogP contribution in [0.4, 0.5) is 0 Å². The minimum absolute atomic E-state index is 0.116. The van der Waals surface area contributed by atoms with Crippen LogP contribution in [0.2, 0.25) is 0 Å². The van der Waals surface area contributed by atoms with E-state index in [9.17, 15) is 24.6 Å². The number of carbonyl (C=O) groups excluding carboxylic acids is 2. The molecule has 0 atom stereocenters. The Labute approximate surface area is 185 Å². The second kappa shape index (κ2) is 10.1. The highest BCUT2D eigenvalue weighted by Gasteiger charge is 2.16. The van der Waals surface area contributed by atoms with Gasteiger partial charge in [-0.25, -0.2) is 4.79 Å². The van der Waals surface area contributed by atoms with Gasteiger partial charge >= 0.3 is 5.97 Å². The molecule has 0 radical (unpaired) electrons. The summed E-state index contributed by atoms with van der Waals surface area (Å²) in [5.74, 6) is -2.06. The number of carboxylic acids is 1. The zero-order valence-corrected chi connectivity index (χ0v) is 17.3. The normalized spacial score (nSPS) is 11.0. The number of amides is 2. The zero-order chi connectivity index (χ0) is 23.1. The SMILES string of the molecule is Cc1cc(C(=O)NCc2cccc(O)c2)ccc1C(=O)NC(=Cc1ccccc1)C(=O)O. The number of nitrogens with one attached hydrogen (secondary N) is 2. The summed E-state index contributed by atoms with van der Waals surface area (Å²) < 4.78 is 0. The number of carboxylic acid groups (broad SMARTS) is 1. The topological polar surface area (TPSA) is 116 Å². The predicted molar refractivity (Wildman–Crippen MR) is 120 cm³/mol. The van der Waals surface area contributed by atoms with E-state index in [-0.39, 0.29) is 29.5 Å². The number of phenolic OH excluding ortho intramolecular Hbond substituents is 1. The van der Waals surface area contributed by atoms with E-state index in [0.717, 1.165) is 5.56 Å². The van der Waals surface area contributed by atoms with Crippen LogP contribution < -0.4 is 10.6 Å². The third-order valence-electron chi connectivity index (χ3n) is 4.69. The number of aryl methyl sites for hydroxylation is 1. The van der Waals surface area contributed by atoms with Crippen LogP contribution in [0.25, 0.3) is 6.08 Å². The van der Waals surface area contributed by atoms with Crippen molar-refractivity contribution in [2.24, 2.45) is 0 Å². The van der Waals surface area contributed by atoms with E-state index in [0.29, 0.717) is 16.7 Å². The van der Waals surface area contributed by atoms with Crippen molar-refractivity contribution >= 4 is 23.9 Å². The van der Waals surface area contributed by atoms with Gasteiger partial charge in [0.15, 0.2) is 0 Å². The maximum absolute atomic E-state index is 12.7. The third kappa shape index (κ3) is 5.82. The van der Waals surface area contributed by atoms with Crippen LogP contribution in [0.3, 0.4) is 0 Å². The number of benzene rings is 3. The maximum atomic E-state index is 12.7. The molecule has 3 aromatic rings. The molecule has 2 amide bonds. The molecule has 0 fully saturated rings. The van der Waals surface area contributed by atoms with E-state index < -0.39 is 11.9 Å². The Balaban J connectivity index is 1.70. The largest absolute Gasteiger partial charge is 0.508 e. The first-order chi connectivity index (χ1) is 15.3. The molecule has 4 N–H and O–H groups in total. The molecule has 0 aliphatic rings. The molecular formula is C25H22N2O5. The molecular weight excluding hydrogens is 408 g/mol. The van der Waals surface area contributed by atoms with Crippen molar-refractivity contribution in [3.05, 3.63) is 106 Å². The number of carbonyl (C=O) groups is 3. The molecule has 7 heteroatoms. The van der Waals surface area contributed by atoms with Gasteiger partial charge in [0.05, 0.1) is 0 Å². The lowest BCUT2D eigenvalue weighted by molar-refractivity contribution is -0.132. The van der Waals surface area contributed by atoms with Gasteiger partial charge in [0, 0.05) is 17.7 Å². The summed E-state index contributed by atoms with van der Waals surface area (Å²) in [5, 5.41) is 24.1. The van der Waals surface area contributed by atoms with Crippen molar-refractivity contribution in [2.45, 2.75) is 13.5 Å². The van der Waals surface area contributed by atoms with Crippen molar-refractivity contribution in [2.75, 3.05) is 0 Å². The summed E-state index contributed by atoms with van der Waals surface area (Å²) in [6.07, 6.45) is 1.37. The first kappa shape index (κ1) is 22.3. The molecule has 3 rings (SSSR count). The molecule has 0 bridgehead atoms. The lowest BCUT2D eigenvalue weighted by Crippen LogP contribution is -2.28. The number of hydrogen-bond donors (Lipinski definition) is 4. The Bertz CT molecular complexity index is 1190. The monoisotopic (exact) mass is 430 g/mol. The Morgan fingerprint density at radius 2 is 1.66 bits per heavy atom. The first-order valence-electron chi connectivity index (χ1n) is 9.81. The smallest absolute Gasteiger partial charge is 0.352 e. The van der Waals surface area contributed by atoms with Crippen LogP contribution in [0.15, 0.2) is 78.5 Å². The molecule has 7 nitrogen and oxygen atoms in total. The average molecular weight is 430 g/mol. The number of hydrogen-bond acceptors (Lipinski definition) is 4. The Morgan fingerprint density at radius 3 is 2.31 bits per heavy atom. The maximum Gasteiger partial charge on any atom is 0.352 e. The van der Waals surface area contributed by atoms with Crippen LogP contribution in [-0.4, -0.2) is 28.0 Å². The molecule has 0 heterocycles. The summed E-state index contributed by atoms with van der Waals surface area (Å²) in [6.45, 7) is 1.91. The van der Waals surface area contributed by atoms with E-state index in [1.54, 1.807) is 67.6 Å². The molecule has 0 unspecified atom stereocenters. The lowest BCUT2D eigenvalue weighted by atomic mass is 10.0. The van der Waals surface area contributed by atoms with Gasteiger partial charge in [-0.3, -0.25) is 9.59 Å². The van der Waals surface area contributed by atoms with E-state index in [2.05, 4.69) is 10.6 Å². The van der Waals surface area contributed by atoms with E-state index in [1.807, 2.05) is 0 Å². The Kier molecular flexibility index (Phi) is 7.02. The minimum atomic E-state index is -1.26. The highest BCUT2D eigenvalue weighted by molar-refractivity contribution is 6.04. The van der Waals surface area contributed by atoms with Crippen molar-refractivity contribution < 1.29 is 24.6 Å². The fourth-order valence-electron chi connectivity index (χ4n) is 3.07. The summed E-state index contributed by atoms with van der Waals surface area (Å²) in [5.41, 5.74) is 2.27. The number of rotatable bonds is 7. The Hall–Kier alpha value is -4.39. The van der Waals surface area contributed by atoms with Gasteiger partial charge in [-0.05, 0) is 60.0 Å². The summed E-state index contributed by atoms with van der Waals surface area (Å²) in [4.78, 5) is 36.7. The molecule has 32 heavy (non-hydrogen) atoms. The molecule has 0 saturated carbocycles. The van der Waals surface area contributed by atoms with Gasteiger partial charge < -0.3 is 20.8 Å². The first-order valence-corrected chi connectivity index (χ1v) is 9.81. The van der Waals surface area contributed by atoms with Crippen molar-refractivity contribution in [1.82, 2.24) is 10.6 Å². The van der Waals surface area contributed by atoms with Crippen molar-refractivity contribution in [3.63, 3.8) is 0 Å². The van der Waals surface area contributed by atoms with Gasteiger partial charge in [0.1, 0.15) is 11.4 Å². The van der Waals surface area contributed by atoms with E-state index >= 15 is 0 Å². The standard InChI is InChI=1S/C25H22N2O5/c1-16-12-19(23(29)26-15-18-8-5-9-20(28)13-18)10-11-21(16)24(30)27-22(25(31)32)14-17-6-3-2-4-7-17/h2-14,28H,15H2,1H3,(H,26,29)(H,27,30)(H,31,32). The molecule has 0 spiro atoms. The summed E-state index contributed by atoms with van der Waals surface area (Å²) in [7, 11) is 0. The highest BCUT2D eigenvalue weighted by Crippen LogP contribution is 2.14. The van der Waals surface area contributed by atoms with Crippen LogP contribution in [0.5, 0.6) is 5.75 Å². The average Bonchev–Trinajstić information content (AvgIpc) is 2.77. The fraction of sp³-hybridized carbons (Fsp3) is 0.0800. The predicted octanol–water partition coefficient (Wildman–Crippen LogP) is 3.49. The fourth-order valence-corrected chi connectivity index (χ4v) is 3.07. The van der Waals surface area contributed by atoms with E-state index in [4.69, 9.17) is 0 Å². The minimum Gasteiger partial charge on any atom is -0.508 e. The van der Waals surface area contributed by atoms with Crippen LogP contribution in [0.1, 0.15) is 37.4 Å². The molecule has 0 aliphatic heterocycles. The molecule has 0 saturated heterocycles. The van der Waals surface area contributed by atoms with E-state index in [1.165, 1.54) is 18.2 Å². The van der Waals surface area contributed by atoms with Gasteiger partial charge in [-0.1, -0.05) is 42.5 Å². The lowest BCUT2D eigenvalue weighted by Gasteiger charge is -2.11. The number of aliphatic carboxylic acids is 1. The summed E-state index contributed by atoms with van der Waals surface area (Å²) >= 11 is 0. The molecule has 162 valence electrons. The highest BCUT2D eigenvalue weighted by atomic mass is 16.4. The van der Waals surface area contributed by atoms with Gasteiger partial charge in [-0.2, -0.15) is 0 Å². The molecule has 3 aromatic carbocycles. The second-order valence-electron chi connectivity index (χ2n) is 7.11. The number of phenols is 1. The summed E-state index contributed by atoms with van der Waals surface area (Å²) in [6, 6.07) is 19.9. The van der Waals surface area contributed by atoms with Crippen LogP contribution >= 0.6 is 0 Å².